The van der Waals surface area contributed by atoms with Crippen LogP contribution in [0.15, 0.2) is 23.1 Å². The molecule has 0 atom stereocenters. The first-order valence-electron chi connectivity index (χ1n) is 4.26. The summed E-state index contributed by atoms with van der Waals surface area (Å²) in [5, 5.41) is 1.08. The van der Waals surface area contributed by atoms with Crippen molar-refractivity contribution in [3.05, 3.63) is 23.2 Å². The Kier molecular flexibility index (Phi) is 2.29. The van der Waals surface area contributed by atoms with Crippen LogP contribution in [0.1, 0.15) is 5.01 Å². The van der Waals surface area contributed by atoms with Crippen LogP contribution < -0.4 is 4.57 Å². The second-order valence-electron chi connectivity index (χ2n) is 3.28. The fourth-order valence-corrected chi connectivity index (χ4v) is 3.04. The Morgan fingerprint density at radius 1 is 1.40 bits per heavy atom. The van der Waals surface area contributed by atoms with E-state index in [0.29, 0.717) is 0 Å². The van der Waals surface area contributed by atoms with Crippen molar-refractivity contribution in [1.82, 2.24) is 0 Å². The quantitative estimate of drug-likeness (QED) is 0.607. The van der Waals surface area contributed by atoms with Crippen LogP contribution in [0.25, 0.3) is 10.2 Å². The van der Waals surface area contributed by atoms with E-state index in [9.17, 15) is 8.42 Å². The van der Waals surface area contributed by atoms with Gasteiger partial charge in [0.25, 0.3) is 10.1 Å². The highest BCUT2D eigenvalue weighted by molar-refractivity contribution is 7.85. The fraction of sp³-hybridized carbons (Fsp3) is 0.222. The Hall–Kier alpha value is -0.980. The second-order valence-corrected chi connectivity index (χ2v) is 5.94. The van der Waals surface area contributed by atoms with Gasteiger partial charge >= 0.3 is 0 Å². The van der Waals surface area contributed by atoms with E-state index in [0.717, 1.165) is 15.2 Å². The van der Waals surface area contributed by atoms with Crippen LogP contribution in [0.5, 0.6) is 0 Å². The number of rotatable bonds is 1. The molecule has 1 heterocycles. The maximum atomic E-state index is 10.9. The molecular formula is C9H10NO3S2+. The first-order valence-corrected chi connectivity index (χ1v) is 6.52. The van der Waals surface area contributed by atoms with Crippen molar-refractivity contribution in [2.75, 3.05) is 0 Å². The third-order valence-electron chi connectivity index (χ3n) is 2.32. The van der Waals surface area contributed by atoms with Gasteiger partial charge < -0.3 is 0 Å². The number of aromatic nitrogens is 1. The smallest absolute Gasteiger partial charge is 0.282 e. The van der Waals surface area contributed by atoms with Gasteiger partial charge in [0, 0.05) is 13.0 Å². The zero-order valence-electron chi connectivity index (χ0n) is 8.26. The van der Waals surface area contributed by atoms with Crippen LogP contribution in [0.2, 0.25) is 0 Å². The van der Waals surface area contributed by atoms with Crippen molar-refractivity contribution in [1.29, 1.82) is 0 Å². The van der Waals surface area contributed by atoms with E-state index in [2.05, 4.69) is 0 Å². The normalized spacial score (nSPS) is 12.2. The molecule has 0 saturated carbocycles. The summed E-state index contributed by atoms with van der Waals surface area (Å²) in [4.78, 5) is -0.0585. The lowest BCUT2D eigenvalue weighted by Crippen LogP contribution is -2.28. The Morgan fingerprint density at radius 2 is 2.07 bits per heavy atom. The van der Waals surface area contributed by atoms with E-state index in [1.807, 2.05) is 18.5 Å². The average molecular weight is 244 g/mol. The van der Waals surface area contributed by atoms with E-state index < -0.39 is 10.1 Å². The molecule has 80 valence electrons. The van der Waals surface area contributed by atoms with Gasteiger partial charge in [0.1, 0.15) is 11.7 Å². The highest BCUT2D eigenvalue weighted by atomic mass is 32.2. The Morgan fingerprint density at radius 3 is 2.67 bits per heavy atom. The molecule has 6 heteroatoms. The fourth-order valence-electron chi connectivity index (χ4n) is 1.41. The molecule has 0 amide bonds. The summed E-state index contributed by atoms with van der Waals surface area (Å²) in [6.07, 6.45) is 0. The summed E-state index contributed by atoms with van der Waals surface area (Å²) >= 11 is 1.50. The summed E-state index contributed by atoms with van der Waals surface area (Å²) in [6, 6.07) is 4.59. The summed E-state index contributed by atoms with van der Waals surface area (Å²) in [6.45, 7) is 1.96. The third-order valence-corrected chi connectivity index (χ3v) is 4.29. The van der Waals surface area contributed by atoms with Gasteiger partial charge in [0.15, 0.2) is 0 Å². The van der Waals surface area contributed by atoms with Crippen molar-refractivity contribution in [2.24, 2.45) is 7.05 Å². The van der Waals surface area contributed by atoms with E-state index in [1.165, 1.54) is 23.5 Å². The van der Waals surface area contributed by atoms with E-state index >= 15 is 0 Å². The lowest BCUT2D eigenvalue weighted by Gasteiger charge is -1.94. The molecule has 0 radical (unpaired) electrons. The summed E-state index contributed by atoms with van der Waals surface area (Å²) in [7, 11) is -2.18. The highest BCUT2D eigenvalue weighted by Gasteiger charge is 2.17. The molecule has 0 fully saturated rings. The number of nitrogens with zero attached hydrogens (tertiary/aromatic N) is 1. The Labute approximate surface area is 91.5 Å². The molecule has 0 saturated heterocycles. The number of fused-ring (bicyclic) bond motifs is 1. The van der Waals surface area contributed by atoms with Crippen LogP contribution in [-0.4, -0.2) is 13.0 Å². The van der Waals surface area contributed by atoms with Crippen LogP contribution in [0.3, 0.4) is 0 Å². The first kappa shape index (κ1) is 10.5. The zero-order chi connectivity index (χ0) is 11.2. The predicted octanol–water partition coefficient (Wildman–Crippen LogP) is 1.28. The first-order chi connectivity index (χ1) is 6.89. The van der Waals surface area contributed by atoms with Crippen molar-refractivity contribution >= 4 is 31.7 Å². The number of hydrogen-bond donors (Lipinski definition) is 1. The predicted molar refractivity (Wildman–Crippen MR) is 57.6 cm³/mol. The van der Waals surface area contributed by atoms with Crippen molar-refractivity contribution in [3.8, 4) is 0 Å². The van der Waals surface area contributed by atoms with Crippen LogP contribution in [0.4, 0.5) is 0 Å². The molecule has 0 aliphatic heterocycles. The lowest BCUT2D eigenvalue weighted by molar-refractivity contribution is -0.646. The standard InChI is InChI=1S/C9H9NO3S2/c1-6-10(2)8-4-3-7(15(11,12)13)5-9(8)14-6/h3-5H,1-2H3/p+1. The van der Waals surface area contributed by atoms with Gasteiger partial charge in [-0.25, -0.2) is 0 Å². The largest absolute Gasteiger partial charge is 0.294 e. The minimum absolute atomic E-state index is 0.0585. The Balaban J connectivity index is 2.78. The molecule has 0 bridgehead atoms. The molecule has 1 aromatic heterocycles. The SMILES string of the molecule is Cc1sc2cc(S(=O)(=O)O)ccc2[n+]1C. The van der Waals surface area contributed by atoms with E-state index in [1.54, 1.807) is 6.07 Å². The highest BCUT2D eigenvalue weighted by Crippen LogP contribution is 2.22. The van der Waals surface area contributed by atoms with Gasteiger partial charge in [-0.05, 0) is 12.1 Å². The van der Waals surface area contributed by atoms with E-state index in [4.69, 9.17) is 4.55 Å². The maximum Gasteiger partial charge on any atom is 0.294 e. The van der Waals surface area contributed by atoms with Crippen LogP contribution >= 0.6 is 11.3 Å². The summed E-state index contributed by atoms with van der Waals surface area (Å²) in [5.41, 5.74) is 0.963. The van der Waals surface area contributed by atoms with Gasteiger partial charge in [0.05, 0.1) is 4.90 Å². The van der Waals surface area contributed by atoms with Crippen molar-refractivity contribution < 1.29 is 17.5 Å². The summed E-state index contributed by atoms with van der Waals surface area (Å²) < 4.78 is 33.6. The number of hydrogen-bond acceptors (Lipinski definition) is 3. The molecule has 15 heavy (non-hydrogen) atoms. The van der Waals surface area contributed by atoms with E-state index in [-0.39, 0.29) is 4.90 Å². The van der Waals surface area contributed by atoms with Gasteiger partial charge in [-0.3, -0.25) is 4.55 Å². The number of thiazole rings is 1. The second kappa shape index (κ2) is 3.26. The molecule has 0 spiro atoms. The third kappa shape index (κ3) is 1.75. The van der Waals surface area contributed by atoms with Gasteiger partial charge in [-0.15, -0.1) is 0 Å². The van der Waals surface area contributed by atoms with Gasteiger partial charge in [-0.2, -0.15) is 13.0 Å². The average Bonchev–Trinajstić information content (AvgIpc) is 2.41. The molecule has 2 rings (SSSR count). The molecule has 1 aromatic carbocycles. The van der Waals surface area contributed by atoms with Crippen molar-refractivity contribution in [3.63, 3.8) is 0 Å². The monoisotopic (exact) mass is 244 g/mol. The molecule has 0 aliphatic rings. The number of aryl methyl sites for hydroxylation is 2. The minimum Gasteiger partial charge on any atom is -0.282 e. The molecule has 4 nitrogen and oxygen atoms in total. The number of benzene rings is 1. The van der Waals surface area contributed by atoms with Crippen LogP contribution in [0, 0.1) is 6.92 Å². The van der Waals surface area contributed by atoms with Gasteiger partial charge in [-0.1, -0.05) is 11.3 Å². The Bertz CT molecular complexity index is 628. The zero-order valence-corrected chi connectivity index (χ0v) is 9.89. The lowest BCUT2D eigenvalue weighted by atomic mass is 10.3. The van der Waals surface area contributed by atoms with Gasteiger partial charge in [0.2, 0.25) is 10.5 Å². The molecule has 0 unspecified atom stereocenters. The van der Waals surface area contributed by atoms with Crippen molar-refractivity contribution in [2.45, 2.75) is 11.8 Å². The molecule has 1 N–H and O–H groups in total. The summed E-state index contributed by atoms with van der Waals surface area (Å²) in [5.74, 6) is 0. The molecule has 2 aromatic rings. The minimum atomic E-state index is -4.10. The maximum absolute atomic E-state index is 10.9. The topological polar surface area (TPSA) is 58.3 Å². The molecule has 0 aliphatic carbocycles. The van der Waals surface area contributed by atoms with Crippen LogP contribution in [-0.2, 0) is 17.2 Å². The molecular weight excluding hydrogens is 234 g/mol.